The molecule has 6 N–H and O–H groups in total. The predicted octanol–water partition coefficient (Wildman–Crippen LogP) is -0.239. The van der Waals surface area contributed by atoms with E-state index in [4.69, 9.17) is 16.6 Å². The molecule has 0 spiro atoms. The average molecular weight is 127 g/mol. The molecule has 0 amide bonds. The van der Waals surface area contributed by atoms with Crippen molar-refractivity contribution < 1.29 is 5.11 Å². The van der Waals surface area contributed by atoms with Gasteiger partial charge in [0.15, 0.2) is 0 Å². The van der Waals surface area contributed by atoms with Gasteiger partial charge in [0.1, 0.15) is 11.6 Å². The van der Waals surface area contributed by atoms with E-state index < -0.39 is 0 Å². The summed E-state index contributed by atoms with van der Waals surface area (Å²) in [6, 6.07) is 0. The van der Waals surface area contributed by atoms with E-state index in [1.165, 1.54) is 6.20 Å². The van der Waals surface area contributed by atoms with E-state index in [-0.39, 0.29) is 12.3 Å². The van der Waals surface area contributed by atoms with Crippen LogP contribution in [-0.2, 0) is 6.54 Å². The summed E-state index contributed by atoms with van der Waals surface area (Å²) >= 11 is 0. The lowest BCUT2D eigenvalue weighted by Crippen LogP contribution is -1.98. The molecule has 1 heterocycles. The van der Waals surface area contributed by atoms with Gasteiger partial charge in [-0.15, -0.1) is 0 Å². The van der Waals surface area contributed by atoms with Gasteiger partial charge in [-0.05, 0) is 0 Å². The quantitative estimate of drug-likeness (QED) is 0.420. The lowest BCUT2D eigenvalue weighted by molar-refractivity contribution is 0.470. The molecule has 0 fully saturated rings. The average Bonchev–Trinajstić information content (AvgIpc) is 2.12. The highest BCUT2D eigenvalue weighted by atomic mass is 16.3. The van der Waals surface area contributed by atoms with Gasteiger partial charge in [-0.3, -0.25) is 0 Å². The summed E-state index contributed by atoms with van der Waals surface area (Å²) in [6.07, 6.45) is 1.41. The fourth-order valence-electron chi connectivity index (χ4n) is 0.673. The van der Waals surface area contributed by atoms with Crippen molar-refractivity contribution >= 4 is 5.82 Å². The Kier molecular flexibility index (Phi) is 1.32. The van der Waals surface area contributed by atoms with Crippen LogP contribution < -0.4 is 11.5 Å². The number of aromatic hydroxyl groups is 1. The number of nitrogens with one attached hydrogen (secondary N) is 1. The second-order valence-electron chi connectivity index (χ2n) is 1.77. The lowest BCUT2D eigenvalue weighted by Gasteiger charge is -1.92. The summed E-state index contributed by atoms with van der Waals surface area (Å²) in [5.74, 6) is 0.574. The van der Waals surface area contributed by atoms with E-state index in [1.54, 1.807) is 0 Å². The summed E-state index contributed by atoms with van der Waals surface area (Å²) in [5.41, 5.74) is 11.2. The summed E-state index contributed by atoms with van der Waals surface area (Å²) in [4.78, 5) is 2.64. The maximum atomic E-state index is 8.94. The van der Waals surface area contributed by atoms with E-state index in [0.717, 1.165) is 0 Å². The Hall–Kier alpha value is -1.16. The minimum Gasteiger partial charge on any atom is -0.506 e. The van der Waals surface area contributed by atoms with Crippen LogP contribution in [0.2, 0.25) is 0 Å². The number of hydrogen-bond donors (Lipinski definition) is 4. The van der Waals surface area contributed by atoms with Crippen LogP contribution in [0.3, 0.4) is 0 Å². The van der Waals surface area contributed by atoms with Crippen LogP contribution in [0.4, 0.5) is 5.82 Å². The molecule has 0 saturated heterocycles. The molecule has 0 saturated carbocycles. The molecular weight excluding hydrogens is 118 g/mol. The fourth-order valence-corrected chi connectivity index (χ4v) is 0.673. The third kappa shape index (κ3) is 0.837. The molecule has 0 aliphatic carbocycles. The molecule has 0 atom stereocenters. The molecule has 0 unspecified atom stereocenters. The molecule has 1 rings (SSSR count). The second-order valence-corrected chi connectivity index (χ2v) is 1.77. The molecule has 1 aromatic rings. The first kappa shape index (κ1) is 5.97. The molecule has 1 aromatic heterocycles. The summed E-state index contributed by atoms with van der Waals surface area (Å²) in [6.45, 7) is 0.265. The maximum Gasteiger partial charge on any atom is 0.139 e. The van der Waals surface area contributed by atoms with Crippen molar-refractivity contribution in [3.63, 3.8) is 0 Å². The van der Waals surface area contributed by atoms with Crippen LogP contribution in [0.25, 0.3) is 0 Å². The molecule has 0 radical (unpaired) electrons. The van der Waals surface area contributed by atoms with Crippen LogP contribution in [0.1, 0.15) is 5.56 Å². The van der Waals surface area contributed by atoms with E-state index >= 15 is 0 Å². The number of hydrogen-bond acceptors (Lipinski definition) is 3. The molecule has 9 heavy (non-hydrogen) atoms. The van der Waals surface area contributed by atoms with Gasteiger partial charge in [-0.2, -0.15) is 0 Å². The van der Waals surface area contributed by atoms with Crippen LogP contribution in [0.15, 0.2) is 6.20 Å². The van der Waals surface area contributed by atoms with Crippen molar-refractivity contribution in [1.29, 1.82) is 0 Å². The first-order valence-corrected chi connectivity index (χ1v) is 2.60. The number of anilines is 1. The van der Waals surface area contributed by atoms with Gasteiger partial charge in [0, 0.05) is 18.3 Å². The highest BCUT2D eigenvalue weighted by molar-refractivity contribution is 5.48. The van der Waals surface area contributed by atoms with Crippen LogP contribution in [0, 0.1) is 0 Å². The number of nitrogen functional groups attached to an aromatic ring is 1. The summed E-state index contributed by atoms with van der Waals surface area (Å²) in [5, 5.41) is 8.94. The van der Waals surface area contributed by atoms with Gasteiger partial charge in [0.25, 0.3) is 0 Å². The van der Waals surface area contributed by atoms with E-state index in [1.807, 2.05) is 0 Å². The summed E-state index contributed by atoms with van der Waals surface area (Å²) < 4.78 is 0. The highest BCUT2D eigenvalue weighted by Gasteiger charge is 2.03. The Bertz CT molecular complexity index is 186. The summed E-state index contributed by atoms with van der Waals surface area (Å²) in [7, 11) is 0. The topological polar surface area (TPSA) is 88.1 Å². The van der Waals surface area contributed by atoms with Crippen molar-refractivity contribution in [2.24, 2.45) is 5.73 Å². The zero-order valence-electron chi connectivity index (χ0n) is 4.89. The van der Waals surface area contributed by atoms with Gasteiger partial charge in [0.2, 0.25) is 0 Å². The SMILES string of the molecule is NCc1c(O)c[nH]c1N. The first-order valence-electron chi connectivity index (χ1n) is 2.60. The molecule has 0 aliphatic heterocycles. The Morgan fingerprint density at radius 2 is 2.33 bits per heavy atom. The van der Waals surface area contributed by atoms with Gasteiger partial charge in [0.05, 0.1) is 0 Å². The largest absolute Gasteiger partial charge is 0.506 e. The molecule has 0 aliphatic rings. The smallest absolute Gasteiger partial charge is 0.139 e. The molecule has 50 valence electrons. The Balaban J connectivity index is 3.07. The van der Waals surface area contributed by atoms with Gasteiger partial charge in [-0.1, -0.05) is 0 Å². The molecule has 0 bridgehead atoms. The van der Waals surface area contributed by atoms with Crippen molar-refractivity contribution in [2.75, 3.05) is 5.73 Å². The van der Waals surface area contributed by atoms with E-state index in [2.05, 4.69) is 4.98 Å². The van der Waals surface area contributed by atoms with Crippen molar-refractivity contribution in [3.8, 4) is 5.75 Å². The number of nitrogens with two attached hydrogens (primary N) is 2. The van der Waals surface area contributed by atoms with Crippen molar-refractivity contribution in [2.45, 2.75) is 6.54 Å². The Morgan fingerprint density at radius 3 is 2.56 bits per heavy atom. The number of H-pyrrole nitrogens is 1. The zero-order chi connectivity index (χ0) is 6.85. The fraction of sp³-hybridized carbons (Fsp3) is 0.200. The minimum absolute atomic E-state index is 0.134. The van der Waals surface area contributed by atoms with Crippen LogP contribution >= 0.6 is 0 Å². The Labute approximate surface area is 52.5 Å². The third-order valence-electron chi connectivity index (χ3n) is 1.20. The highest BCUT2D eigenvalue weighted by Crippen LogP contribution is 2.20. The maximum absolute atomic E-state index is 8.94. The normalized spacial score (nSPS) is 9.89. The minimum atomic E-state index is 0.134. The molecule has 0 aromatic carbocycles. The number of aromatic amines is 1. The third-order valence-corrected chi connectivity index (χ3v) is 1.20. The van der Waals surface area contributed by atoms with Gasteiger partial charge >= 0.3 is 0 Å². The second kappa shape index (κ2) is 1.99. The molecule has 4 heteroatoms. The van der Waals surface area contributed by atoms with Crippen molar-refractivity contribution in [3.05, 3.63) is 11.8 Å². The van der Waals surface area contributed by atoms with Gasteiger partial charge < -0.3 is 21.6 Å². The predicted molar refractivity (Wildman–Crippen MR) is 34.8 cm³/mol. The molecular formula is C5H9N3O. The zero-order valence-corrected chi connectivity index (χ0v) is 4.89. The monoisotopic (exact) mass is 127 g/mol. The number of rotatable bonds is 1. The van der Waals surface area contributed by atoms with Crippen molar-refractivity contribution in [1.82, 2.24) is 4.98 Å². The first-order chi connectivity index (χ1) is 4.25. The van der Waals surface area contributed by atoms with E-state index in [9.17, 15) is 0 Å². The standard InChI is InChI=1S/C5H9N3O/c6-1-3-4(9)2-8-5(3)7/h2,8-9H,1,6-7H2. The molecule has 4 nitrogen and oxygen atoms in total. The van der Waals surface area contributed by atoms with Crippen LogP contribution in [0.5, 0.6) is 5.75 Å². The Morgan fingerprint density at radius 1 is 1.67 bits per heavy atom. The lowest BCUT2D eigenvalue weighted by atomic mass is 10.3. The van der Waals surface area contributed by atoms with Gasteiger partial charge in [-0.25, -0.2) is 0 Å². The number of aromatic nitrogens is 1. The van der Waals surface area contributed by atoms with Crippen LogP contribution in [-0.4, -0.2) is 10.1 Å². The van der Waals surface area contributed by atoms with E-state index in [0.29, 0.717) is 11.4 Å².